The molecule has 0 amide bonds. The van der Waals surface area contributed by atoms with Gasteiger partial charge in [0.05, 0.1) is 0 Å². The summed E-state index contributed by atoms with van der Waals surface area (Å²) in [5.74, 6) is 0. The maximum Gasteiger partial charge on any atom is 2.00 e. The topological polar surface area (TPSA) is 63.2 Å². The fourth-order valence-corrected chi connectivity index (χ4v) is 0. The number of rotatable bonds is 0. The van der Waals surface area contributed by atoms with E-state index in [1.165, 1.54) is 0 Å². The van der Waals surface area contributed by atoms with Crippen LogP contribution in [0, 0.1) is 0 Å². The Kier molecular flexibility index (Phi) is 25.9. The zero-order valence-corrected chi connectivity index (χ0v) is 5.48. The third kappa shape index (κ3) is 41.0. The third-order valence-corrected chi connectivity index (χ3v) is 0. The van der Waals surface area contributed by atoms with Gasteiger partial charge >= 0.3 is 37.7 Å². The van der Waals surface area contributed by atoms with Crippen LogP contribution in [0.4, 0.5) is 0 Å². The fourth-order valence-electron chi connectivity index (χ4n) is 0. The molecule has 0 unspecified atom stereocenters. The van der Waals surface area contributed by atoms with Gasteiger partial charge in [-0.25, -0.2) is 0 Å². The van der Waals surface area contributed by atoms with Gasteiger partial charge in [-0.1, -0.05) is 4.57 Å². The van der Waals surface area contributed by atoms with Gasteiger partial charge in [0.1, 0.15) is 0 Å². The number of hydrogen-bond donors (Lipinski definition) is 0. The molecular formula is H3AlCaO3P+. The molecule has 6 heteroatoms. The van der Waals surface area contributed by atoms with Crippen LogP contribution in [0.5, 0.6) is 0 Å². The molecule has 0 aliphatic rings. The quantitative estimate of drug-likeness (QED) is 0.269. The largest absolute Gasteiger partial charge is 2.00 e. The maximum absolute atomic E-state index is 8.48. The van der Waals surface area contributed by atoms with Crippen molar-refractivity contribution in [3.63, 3.8) is 0 Å². The molecule has 3 nitrogen and oxygen atoms in total. The Bertz CT molecular complexity index is 33.8. The zero-order valence-electron chi connectivity index (χ0n) is 2.38. The van der Waals surface area contributed by atoms with Crippen LogP contribution in [0.25, 0.3) is 0 Å². The first kappa shape index (κ1) is 15.7. The summed E-state index contributed by atoms with van der Waals surface area (Å²) in [6, 6.07) is 0. The molecular weight excluding hydrogens is 146 g/mol. The number of hydrogen-bond acceptors (Lipinski definition) is 3. The predicted octanol–water partition coefficient (Wildman–Crippen LogP) is -3.20. The first-order valence-corrected chi connectivity index (χ1v) is 1.64. The minimum atomic E-state index is -3.37. The van der Waals surface area contributed by atoms with Crippen molar-refractivity contribution in [3.05, 3.63) is 0 Å². The SMILES string of the molecule is O=[P+]([O-])[O-].[AlH3].[Ca+2]. The van der Waals surface area contributed by atoms with Gasteiger partial charge < -0.3 is 9.79 Å². The summed E-state index contributed by atoms with van der Waals surface area (Å²) in [5, 5.41) is 0. The van der Waals surface area contributed by atoms with Gasteiger partial charge in [0, 0.05) is 0 Å². The molecule has 0 aliphatic carbocycles. The molecule has 0 rings (SSSR count). The summed E-state index contributed by atoms with van der Waals surface area (Å²) in [5.41, 5.74) is 0. The molecule has 0 spiro atoms. The van der Waals surface area contributed by atoms with Gasteiger partial charge in [-0.15, -0.1) is 0 Å². The molecule has 0 saturated carbocycles. The maximum atomic E-state index is 8.48. The minimum Gasteiger partial charge on any atom is -0.598 e. The van der Waals surface area contributed by atoms with Crippen molar-refractivity contribution in [2.75, 3.05) is 0 Å². The Balaban J connectivity index is -0.0000000450. The van der Waals surface area contributed by atoms with E-state index in [2.05, 4.69) is 0 Å². The monoisotopic (exact) mass is 149 g/mol. The van der Waals surface area contributed by atoms with E-state index in [1.807, 2.05) is 0 Å². The van der Waals surface area contributed by atoms with Crippen LogP contribution in [0.15, 0.2) is 0 Å². The summed E-state index contributed by atoms with van der Waals surface area (Å²) in [6.45, 7) is 0. The van der Waals surface area contributed by atoms with Crippen LogP contribution in [0.2, 0.25) is 0 Å². The molecule has 0 bridgehead atoms. The van der Waals surface area contributed by atoms with Crippen molar-refractivity contribution < 1.29 is 14.4 Å². The molecule has 0 atom stereocenters. The second kappa shape index (κ2) is 9.94. The Labute approximate surface area is 76.8 Å². The Morgan fingerprint density at radius 1 is 1.33 bits per heavy atom. The van der Waals surface area contributed by atoms with E-state index in [1.54, 1.807) is 0 Å². The van der Waals surface area contributed by atoms with Crippen LogP contribution in [0.1, 0.15) is 0 Å². The van der Waals surface area contributed by atoms with Gasteiger partial charge in [-0.2, -0.15) is 0 Å². The first-order chi connectivity index (χ1) is 1.73. The average molecular weight is 149 g/mol. The van der Waals surface area contributed by atoms with E-state index in [4.69, 9.17) is 14.4 Å². The molecule has 0 aromatic heterocycles. The molecule has 0 radical (unpaired) electrons. The van der Waals surface area contributed by atoms with Crippen molar-refractivity contribution in [2.24, 2.45) is 0 Å². The van der Waals surface area contributed by atoms with Gasteiger partial charge in [0.25, 0.3) is 8.25 Å². The van der Waals surface area contributed by atoms with Gasteiger partial charge in [-0.3, -0.25) is 0 Å². The van der Waals surface area contributed by atoms with Gasteiger partial charge in [-0.05, 0) is 0 Å². The molecule has 0 aliphatic heterocycles. The summed E-state index contributed by atoms with van der Waals surface area (Å²) in [6.07, 6.45) is 0. The van der Waals surface area contributed by atoms with Crippen LogP contribution in [0.3, 0.4) is 0 Å². The van der Waals surface area contributed by atoms with E-state index in [0.29, 0.717) is 0 Å². The van der Waals surface area contributed by atoms with Crippen molar-refractivity contribution in [3.8, 4) is 0 Å². The molecule has 0 saturated heterocycles. The smallest absolute Gasteiger partial charge is 0.598 e. The van der Waals surface area contributed by atoms with Crippen LogP contribution in [-0.2, 0) is 4.57 Å². The summed E-state index contributed by atoms with van der Waals surface area (Å²) in [7, 11) is -3.37. The van der Waals surface area contributed by atoms with E-state index in [-0.39, 0.29) is 55.1 Å². The van der Waals surface area contributed by atoms with Crippen LogP contribution < -0.4 is 9.79 Å². The van der Waals surface area contributed by atoms with Crippen molar-refractivity contribution in [1.82, 2.24) is 0 Å². The summed E-state index contributed by atoms with van der Waals surface area (Å²) in [4.78, 5) is 17.0. The molecule has 30 valence electrons. The molecule has 0 N–H and O–H groups in total. The van der Waals surface area contributed by atoms with Crippen LogP contribution >= 0.6 is 8.25 Å². The zero-order chi connectivity index (χ0) is 3.58. The Hall–Kier alpha value is 1.81. The van der Waals surface area contributed by atoms with E-state index >= 15 is 0 Å². The van der Waals surface area contributed by atoms with E-state index in [9.17, 15) is 0 Å². The van der Waals surface area contributed by atoms with E-state index < -0.39 is 8.25 Å². The van der Waals surface area contributed by atoms with Gasteiger partial charge in [0.15, 0.2) is 17.4 Å². The second-order valence-corrected chi connectivity index (χ2v) is 0.671. The summed E-state index contributed by atoms with van der Waals surface area (Å²) < 4.78 is 8.48. The average Bonchev–Trinajstić information content (AvgIpc) is 0.811. The molecule has 0 aromatic rings. The fraction of sp³-hybridized carbons (Fsp3) is 0. The summed E-state index contributed by atoms with van der Waals surface area (Å²) >= 11 is 0. The normalized spacial score (nSPS) is 4.33. The van der Waals surface area contributed by atoms with Crippen molar-refractivity contribution in [1.29, 1.82) is 0 Å². The standard InChI is InChI=1S/Al.Ca.HO3P.3H/c;;1-4(2)3;;;/h;;(H,1,2,3);;;/q;+2;;;;/p-1. The predicted molar refractivity (Wildman–Crippen MR) is 23.3 cm³/mol. The first-order valence-electron chi connectivity index (χ1n) is 0.548. The molecule has 0 fully saturated rings. The van der Waals surface area contributed by atoms with Gasteiger partial charge in [0.2, 0.25) is 0 Å². The van der Waals surface area contributed by atoms with Crippen molar-refractivity contribution in [2.45, 2.75) is 0 Å². The minimum absolute atomic E-state index is 0. The molecule has 0 heterocycles. The second-order valence-electron chi connectivity index (χ2n) is 0.224. The Morgan fingerprint density at radius 3 is 1.33 bits per heavy atom. The molecule has 0 aromatic carbocycles. The van der Waals surface area contributed by atoms with Crippen molar-refractivity contribution >= 4 is 63.4 Å². The Morgan fingerprint density at radius 2 is 1.33 bits per heavy atom. The van der Waals surface area contributed by atoms with Crippen LogP contribution in [-0.4, -0.2) is 55.1 Å². The molecule has 6 heavy (non-hydrogen) atoms. The third-order valence-electron chi connectivity index (χ3n) is 0. The van der Waals surface area contributed by atoms with E-state index in [0.717, 1.165) is 0 Å².